The number of hydrogen-bond acceptors (Lipinski definition) is 6. The fourth-order valence-electron chi connectivity index (χ4n) is 2.33. The van der Waals surface area contributed by atoms with Gasteiger partial charge < -0.3 is 9.47 Å². The molecule has 0 N–H and O–H groups in total. The van der Waals surface area contributed by atoms with E-state index in [9.17, 15) is 19.2 Å². The molecule has 6 nitrogen and oxygen atoms in total. The third-order valence-corrected chi connectivity index (χ3v) is 5.19. The lowest BCUT2D eigenvalue weighted by Crippen LogP contribution is -2.32. The van der Waals surface area contributed by atoms with Crippen molar-refractivity contribution in [2.24, 2.45) is 0 Å². The van der Waals surface area contributed by atoms with Crippen molar-refractivity contribution in [1.29, 1.82) is 0 Å². The largest absolute Gasteiger partial charge is 0.462 e. The lowest BCUT2D eigenvalue weighted by atomic mass is 9.83. The van der Waals surface area contributed by atoms with E-state index in [-0.39, 0.29) is 33.3 Å². The molecule has 1 aliphatic rings. The summed E-state index contributed by atoms with van der Waals surface area (Å²) in [6.07, 6.45) is 0. The zero-order valence-corrected chi connectivity index (χ0v) is 16.4. The van der Waals surface area contributed by atoms with E-state index in [4.69, 9.17) is 55.9 Å². The second kappa shape index (κ2) is 7.96. The van der Waals surface area contributed by atoms with Crippen molar-refractivity contribution >= 4 is 69.9 Å². The average Bonchev–Trinajstić information content (AvgIpc) is 2.59. The highest BCUT2D eigenvalue weighted by Crippen LogP contribution is 2.45. The van der Waals surface area contributed by atoms with Gasteiger partial charge in [-0.1, -0.05) is 46.4 Å². The number of rotatable bonds is 4. The summed E-state index contributed by atoms with van der Waals surface area (Å²) in [7, 11) is 0. The third kappa shape index (κ3) is 3.22. The van der Waals surface area contributed by atoms with Crippen molar-refractivity contribution in [1.82, 2.24) is 0 Å². The minimum Gasteiger partial charge on any atom is -0.462 e. The van der Waals surface area contributed by atoms with Gasteiger partial charge in [-0.05, 0) is 13.8 Å². The molecular weight excluding hydrogens is 430 g/mol. The number of carbonyl (C=O) groups excluding carboxylic acids is 4. The van der Waals surface area contributed by atoms with Crippen LogP contribution >= 0.6 is 46.4 Å². The summed E-state index contributed by atoms with van der Waals surface area (Å²) in [4.78, 5) is 50.2. The van der Waals surface area contributed by atoms with E-state index in [1.807, 2.05) is 0 Å². The quantitative estimate of drug-likeness (QED) is 0.303. The summed E-state index contributed by atoms with van der Waals surface area (Å²) in [5.41, 5.74) is -2.43. The molecule has 0 amide bonds. The SMILES string of the molecule is CCOC(=O)C1=C(C(=O)OCC)C(=O)c2c(Cl)c(Cl)c(Cl)c(Cl)c2C1=O. The Labute approximate surface area is 167 Å². The first-order valence-corrected chi connectivity index (χ1v) is 8.73. The predicted octanol–water partition coefficient (Wildman–Crippen LogP) is 4.10. The van der Waals surface area contributed by atoms with Gasteiger partial charge in [-0.3, -0.25) is 9.59 Å². The van der Waals surface area contributed by atoms with Gasteiger partial charge in [0.2, 0.25) is 11.6 Å². The van der Waals surface area contributed by atoms with Crippen molar-refractivity contribution in [3.8, 4) is 0 Å². The Bertz CT molecular complexity index is 816. The van der Waals surface area contributed by atoms with Crippen LogP contribution in [0.15, 0.2) is 11.1 Å². The monoisotopic (exact) mass is 438 g/mol. The number of ether oxygens (including phenoxy) is 2. The lowest BCUT2D eigenvalue weighted by Gasteiger charge is -2.22. The van der Waals surface area contributed by atoms with Crippen molar-refractivity contribution < 1.29 is 28.7 Å². The molecule has 1 aliphatic carbocycles. The second-order valence-electron chi connectivity index (χ2n) is 4.86. The summed E-state index contributed by atoms with van der Waals surface area (Å²) in [5.74, 6) is -4.41. The lowest BCUT2D eigenvalue weighted by molar-refractivity contribution is -0.141. The highest BCUT2D eigenvalue weighted by Gasteiger charge is 2.44. The Balaban J connectivity index is 2.87. The van der Waals surface area contributed by atoms with E-state index in [2.05, 4.69) is 0 Å². The summed E-state index contributed by atoms with van der Waals surface area (Å²) in [6.45, 7) is 2.80. The Kier molecular flexibility index (Phi) is 6.34. The van der Waals surface area contributed by atoms with E-state index in [1.165, 1.54) is 13.8 Å². The molecule has 0 spiro atoms. The van der Waals surface area contributed by atoms with E-state index in [0.29, 0.717) is 0 Å². The van der Waals surface area contributed by atoms with Crippen molar-refractivity contribution in [2.75, 3.05) is 13.2 Å². The van der Waals surface area contributed by atoms with Crippen LogP contribution in [-0.4, -0.2) is 36.7 Å². The molecule has 2 rings (SSSR count). The van der Waals surface area contributed by atoms with E-state index in [1.54, 1.807) is 0 Å². The number of esters is 2. The van der Waals surface area contributed by atoms with Gasteiger partial charge in [-0.25, -0.2) is 9.59 Å². The fourth-order valence-corrected chi connectivity index (χ4v) is 3.36. The summed E-state index contributed by atoms with van der Waals surface area (Å²) in [5, 5.41) is -1.25. The number of fused-ring (bicyclic) bond motifs is 1. The maximum atomic E-state index is 12.9. The van der Waals surface area contributed by atoms with Gasteiger partial charge in [0.15, 0.2) is 0 Å². The van der Waals surface area contributed by atoms with Crippen LogP contribution < -0.4 is 0 Å². The minimum absolute atomic E-state index is 0.0946. The molecule has 1 aromatic carbocycles. The van der Waals surface area contributed by atoms with Crippen molar-refractivity contribution in [3.63, 3.8) is 0 Å². The Hall–Kier alpha value is -1.60. The van der Waals surface area contributed by atoms with Crippen LogP contribution in [-0.2, 0) is 19.1 Å². The van der Waals surface area contributed by atoms with E-state index < -0.39 is 45.8 Å². The van der Waals surface area contributed by atoms with E-state index >= 15 is 0 Å². The molecule has 0 atom stereocenters. The first-order chi connectivity index (χ1) is 12.2. The fraction of sp³-hybridized carbons (Fsp3) is 0.250. The summed E-state index contributed by atoms with van der Waals surface area (Å²) >= 11 is 24.0. The molecular formula is C16H10Cl4O6. The molecule has 0 aliphatic heterocycles. The average molecular weight is 440 g/mol. The zero-order chi connectivity index (χ0) is 19.8. The molecule has 0 fully saturated rings. The minimum atomic E-state index is -1.17. The topological polar surface area (TPSA) is 86.7 Å². The van der Waals surface area contributed by atoms with Gasteiger partial charge >= 0.3 is 11.9 Å². The van der Waals surface area contributed by atoms with Crippen LogP contribution in [0.25, 0.3) is 0 Å². The molecule has 1 aromatic rings. The van der Waals surface area contributed by atoms with Crippen LogP contribution in [0.2, 0.25) is 20.1 Å². The maximum Gasteiger partial charge on any atom is 0.343 e. The molecule has 26 heavy (non-hydrogen) atoms. The number of ketones is 2. The first-order valence-electron chi connectivity index (χ1n) is 7.22. The molecule has 138 valence electrons. The zero-order valence-electron chi connectivity index (χ0n) is 13.4. The number of hydrogen-bond donors (Lipinski definition) is 0. The van der Waals surface area contributed by atoms with Crippen LogP contribution in [0.1, 0.15) is 34.6 Å². The van der Waals surface area contributed by atoms with Gasteiger partial charge in [0, 0.05) is 0 Å². The number of halogens is 4. The molecule has 10 heteroatoms. The van der Waals surface area contributed by atoms with Crippen LogP contribution in [0.3, 0.4) is 0 Å². The van der Waals surface area contributed by atoms with Gasteiger partial charge in [0.05, 0.1) is 44.4 Å². The predicted molar refractivity (Wildman–Crippen MR) is 95.4 cm³/mol. The molecule has 0 saturated heterocycles. The standard InChI is InChI=1S/C16H10Cl4O6/c1-3-25-15(23)7-8(16(24)26-4-2)14(22)6-5(13(7)21)9(17)11(19)12(20)10(6)18/h3-4H2,1-2H3. The van der Waals surface area contributed by atoms with E-state index in [0.717, 1.165) is 0 Å². The normalized spacial score (nSPS) is 13.6. The van der Waals surface area contributed by atoms with Gasteiger partial charge in [-0.15, -0.1) is 0 Å². The molecule has 0 bridgehead atoms. The number of carbonyl (C=O) groups is 4. The summed E-state index contributed by atoms with van der Waals surface area (Å²) in [6, 6.07) is 0. The first kappa shape index (κ1) is 20.7. The van der Waals surface area contributed by atoms with Crippen LogP contribution in [0, 0.1) is 0 Å². The Morgan fingerprint density at radius 2 is 1.00 bits per heavy atom. The van der Waals surface area contributed by atoms with Crippen molar-refractivity contribution in [2.45, 2.75) is 13.8 Å². The third-order valence-electron chi connectivity index (χ3n) is 3.38. The summed E-state index contributed by atoms with van der Waals surface area (Å²) < 4.78 is 9.57. The maximum absolute atomic E-state index is 12.9. The van der Waals surface area contributed by atoms with Crippen molar-refractivity contribution in [3.05, 3.63) is 42.4 Å². The molecule has 0 aromatic heterocycles. The second-order valence-corrected chi connectivity index (χ2v) is 6.37. The van der Waals surface area contributed by atoms with Crippen LogP contribution in [0.5, 0.6) is 0 Å². The molecule has 0 heterocycles. The Morgan fingerprint density at radius 1 is 0.692 bits per heavy atom. The molecule has 0 saturated carbocycles. The highest BCUT2D eigenvalue weighted by atomic mass is 35.5. The number of benzene rings is 1. The Morgan fingerprint density at radius 3 is 1.27 bits per heavy atom. The van der Waals surface area contributed by atoms with Gasteiger partial charge in [0.25, 0.3) is 0 Å². The molecule has 0 unspecified atom stereocenters. The van der Waals surface area contributed by atoms with Gasteiger partial charge in [-0.2, -0.15) is 0 Å². The number of Topliss-reactive ketones (excluding diaryl/α,β-unsaturated/α-hetero) is 2. The highest BCUT2D eigenvalue weighted by molar-refractivity contribution is 6.57. The molecule has 0 radical (unpaired) electrons. The van der Waals surface area contributed by atoms with Crippen LogP contribution in [0.4, 0.5) is 0 Å². The smallest absolute Gasteiger partial charge is 0.343 e. The van der Waals surface area contributed by atoms with Gasteiger partial charge in [0.1, 0.15) is 11.1 Å².